The van der Waals surface area contributed by atoms with E-state index in [9.17, 15) is 9.59 Å². The fourth-order valence-corrected chi connectivity index (χ4v) is 2.74. The number of nitrogens with one attached hydrogen (secondary N) is 1. The summed E-state index contributed by atoms with van der Waals surface area (Å²) >= 11 is 0. The lowest BCUT2D eigenvalue weighted by Gasteiger charge is -2.07. The zero-order chi connectivity index (χ0) is 19.5. The van der Waals surface area contributed by atoms with Crippen molar-refractivity contribution < 1.29 is 18.7 Å². The topological polar surface area (TPSA) is 81.4 Å². The molecule has 0 unspecified atom stereocenters. The summed E-state index contributed by atoms with van der Waals surface area (Å²) in [7, 11) is 0. The number of aromatic nitrogens is 1. The number of amides is 1. The van der Waals surface area contributed by atoms with Gasteiger partial charge in [-0.05, 0) is 60.7 Å². The second-order valence-corrected chi connectivity index (χ2v) is 6.14. The van der Waals surface area contributed by atoms with Crippen LogP contribution in [0.4, 0.5) is 5.69 Å². The molecule has 4 rings (SSSR count). The van der Waals surface area contributed by atoms with Gasteiger partial charge in [-0.1, -0.05) is 12.1 Å². The van der Waals surface area contributed by atoms with Crippen LogP contribution in [0, 0.1) is 0 Å². The Morgan fingerprint density at radius 2 is 1.64 bits per heavy atom. The zero-order valence-corrected chi connectivity index (χ0v) is 15.0. The van der Waals surface area contributed by atoms with Crippen molar-refractivity contribution in [3.05, 3.63) is 78.4 Å². The summed E-state index contributed by atoms with van der Waals surface area (Å²) in [5, 5.41) is 2.83. The maximum Gasteiger partial charge on any atom is 0.308 e. The average Bonchev–Trinajstić information content (AvgIpc) is 3.13. The van der Waals surface area contributed by atoms with Gasteiger partial charge in [-0.25, -0.2) is 4.98 Å². The van der Waals surface area contributed by atoms with E-state index in [-0.39, 0.29) is 5.91 Å². The third kappa shape index (κ3) is 3.76. The molecule has 0 fully saturated rings. The molecule has 6 heteroatoms. The minimum absolute atomic E-state index is 0.260. The number of rotatable bonds is 4. The monoisotopic (exact) mass is 372 g/mol. The molecule has 138 valence electrons. The third-order valence-corrected chi connectivity index (χ3v) is 4.06. The second kappa shape index (κ2) is 7.36. The first-order valence-corrected chi connectivity index (χ1v) is 8.64. The fraction of sp³-hybridized carbons (Fsp3) is 0.0455. The molecule has 1 amide bonds. The highest BCUT2D eigenvalue weighted by Gasteiger charge is 2.10. The van der Waals surface area contributed by atoms with Crippen LogP contribution in [0.1, 0.15) is 17.3 Å². The second-order valence-electron chi connectivity index (χ2n) is 6.14. The number of esters is 1. The molecular formula is C22H16N2O4. The minimum Gasteiger partial charge on any atom is -0.436 e. The van der Waals surface area contributed by atoms with Crippen LogP contribution >= 0.6 is 0 Å². The Labute approximate surface area is 160 Å². The van der Waals surface area contributed by atoms with Gasteiger partial charge >= 0.3 is 5.97 Å². The first-order chi connectivity index (χ1) is 13.6. The van der Waals surface area contributed by atoms with Gasteiger partial charge in [0.1, 0.15) is 11.3 Å². The van der Waals surface area contributed by atoms with E-state index in [4.69, 9.17) is 9.15 Å². The largest absolute Gasteiger partial charge is 0.436 e. The van der Waals surface area contributed by atoms with E-state index in [1.807, 2.05) is 36.4 Å². The van der Waals surface area contributed by atoms with Gasteiger partial charge < -0.3 is 14.5 Å². The number of oxazole rings is 1. The van der Waals surface area contributed by atoms with Crippen LogP contribution < -0.4 is 10.1 Å². The van der Waals surface area contributed by atoms with Gasteiger partial charge in [-0.15, -0.1) is 0 Å². The number of nitrogens with zero attached hydrogens (tertiary/aromatic N) is 1. The molecule has 4 aromatic rings. The summed E-state index contributed by atoms with van der Waals surface area (Å²) in [4.78, 5) is 27.8. The maximum atomic E-state index is 12.4. The highest BCUT2D eigenvalue weighted by molar-refractivity contribution is 6.04. The van der Waals surface area contributed by atoms with Crippen molar-refractivity contribution in [1.29, 1.82) is 0 Å². The smallest absolute Gasteiger partial charge is 0.308 e. The van der Waals surface area contributed by atoms with E-state index in [2.05, 4.69) is 10.3 Å². The molecule has 0 atom stereocenters. The van der Waals surface area contributed by atoms with E-state index in [0.717, 1.165) is 16.7 Å². The highest BCUT2D eigenvalue weighted by Crippen LogP contribution is 2.25. The van der Waals surface area contributed by atoms with Crippen LogP contribution in [0.2, 0.25) is 0 Å². The molecule has 6 nitrogen and oxygen atoms in total. The highest BCUT2D eigenvalue weighted by atomic mass is 16.5. The molecule has 1 N–H and O–H groups in total. The number of benzene rings is 3. The van der Waals surface area contributed by atoms with Crippen LogP contribution in [0.5, 0.6) is 5.75 Å². The Morgan fingerprint density at radius 3 is 2.32 bits per heavy atom. The first kappa shape index (κ1) is 17.5. The van der Waals surface area contributed by atoms with Gasteiger partial charge in [0, 0.05) is 23.7 Å². The summed E-state index contributed by atoms with van der Waals surface area (Å²) in [5.74, 6) is 0.257. The molecule has 0 aliphatic rings. The predicted octanol–water partition coefficient (Wildman–Crippen LogP) is 4.67. The number of fused-ring (bicyclic) bond motifs is 1. The molecule has 3 aromatic carbocycles. The van der Waals surface area contributed by atoms with Gasteiger partial charge in [-0.2, -0.15) is 0 Å². The molecule has 1 heterocycles. The summed E-state index contributed by atoms with van der Waals surface area (Å²) in [5.41, 5.74) is 3.45. The van der Waals surface area contributed by atoms with E-state index in [0.29, 0.717) is 22.9 Å². The normalized spacial score (nSPS) is 10.6. The Balaban J connectivity index is 1.46. The number of hydrogen-bond acceptors (Lipinski definition) is 5. The maximum absolute atomic E-state index is 12.4. The van der Waals surface area contributed by atoms with Crippen molar-refractivity contribution in [1.82, 2.24) is 4.98 Å². The van der Waals surface area contributed by atoms with Crippen LogP contribution in [-0.2, 0) is 4.79 Å². The standard InChI is InChI=1S/C22H16N2O4/c1-14(25)27-18-12-8-15(9-13-18)21(26)23-17-10-6-16(7-11-17)22-24-19-4-2-3-5-20(19)28-22/h2-13H,1H3,(H,23,26). The number of carbonyl (C=O) groups is 2. The fourth-order valence-electron chi connectivity index (χ4n) is 2.74. The van der Waals surface area contributed by atoms with Crippen molar-refractivity contribution in [2.24, 2.45) is 0 Å². The molecule has 0 aliphatic carbocycles. The van der Waals surface area contributed by atoms with Gasteiger partial charge in [0.15, 0.2) is 5.58 Å². The van der Waals surface area contributed by atoms with Crippen molar-refractivity contribution >= 4 is 28.7 Å². The molecular weight excluding hydrogens is 356 g/mol. The van der Waals surface area contributed by atoms with Crippen LogP contribution in [0.15, 0.2) is 77.2 Å². The lowest BCUT2D eigenvalue weighted by Crippen LogP contribution is -2.11. The summed E-state index contributed by atoms with van der Waals surface area (Å²) in [6.45, 7) is 1.32. The SMILES string of the molecule is CC(=O)Oc1ccc(C(=O)Nc2ccc(-c3nc4ccccc4o3)cc2)cc1. The van der Waals surface area contributed by atoms with E-state index >= 15 is 0 Å². The molecule has 28 heavy (non-hydrogen) atoms. The van der Waals surface area contributed by atoms with Crippen LogP contribution in [0.3, 0.4) is 0 Å². The lowest BCUT2D eigenvalue weighted by atomic mass is 10.1. The van der Waals surface area contributed by atoms with Gasteiger partial charge in [0.25, 0.3) is 5.91 Å². The van der Waals surface area contributed by atoms with Crippen molar-refractivity contribution in [3.63, 3.8) is 0 Å². The number of anilines is 1. The summed E-state index contributed by atoms with van der Waals surface area (Å²) in [6.07, 6.45) is 0. The average molecular weight is 372 g/mol. The van der Waals surface area contributed by atoms with Gasteiger partial charge in [0.2, 0.25) is 5.89 Å². The van der Waals surface area contributed by atoms with Crippen LogP contribution in [-0.4, -0.2) is 16.9 Å². The van der Waals surface area contributed by atoms with Crippen molar-refractivity contribution in [3.8, 4) is 17.2 Å². The van der Waals surface area contributed by atoms with E-state index in [1.54, 1.807) is 36.4 Å². The van der Waals surface area contributed by atoms with Crippen molar-refractivity contribution in [2.45, 2.75) is 6.92 Å². The molecule has 0 aliphatic heterocycles. The zero-order valence-electron chi connectivity index (χ0n) is 15.0. The molecule has 0 radical (unpaired) electrons. The molecule has 0 saturated heterocycles. The summed E-state index contributed by atoms with van der Waals surface area (Å²) < 4.78 is 10.7. The molecule has 0 bridgehead atoms. The van der Waals surface area contributed by atoms with Crippen LogP contribution in [0.25, 0.3) is 22.6 Å². The number of hydrogen-bond donors (Lipinski definition) is 1. The Bertz CT molecular complexity index is 1110. The molecule has 0 spiro atoms. The number of ether oxygens (including phenoxy) is 1. The quantitative estimate of drug-likeness (QED) is 0.416. The van der Waals surface area contributed by atoms with E-state index < -0.39 is 5.97 Å². The molecule has 0 saturated carbocycles. The minimum atomic E-state index is -0.406. The van der Waals surface area contributed by atoms with Gasteiger partial charge in [-0.3, -0.25) is 9.59 Å². The first-order valence-electron chi connectivity index (χ1n) is 8.64. The number of carbonyl (C=O) groups excluding carboxylic acids is 2. The number of para-hydroxylation sites is 2. The van der Waals surface area contributed by atoms with Gasteiger partial charge in [0.05, 0.1) is 0 Å². The van der Waals surface area contributed by atoms with Crippen molar-refractivity contribution in [2.75, 3.05) is 5.32 Å². The Morgan fingerprint density at radius 1 is 0.929 bits per heavy atom. The predicted molar refractivity (Wildman–Crippen MR) is 105 cm³/mol. The Hall–Kier alpha value is -3.93. The molecule has 1 aromatic heterocycles. The van der Waals surface area contributed by atoms with E-state index in [1.165, 1.54) is 6.92 Å². The Kier molecular flexibility index (Phi) is 4.60. The third-order valence-electron chi connectivity index (χ3n) is 4.06. The lowest BCUT2D eigenvalue weighted by molar-refractivity contribution is -0.131. The summed E-state index contributed by atoms with van der Waals surface area (Å²) in [6, 6.07) is 21.2.